The van der Waals surface area contributed by atoms with E-state index >= 15 is 0 Å². The molecule has 0 aliphatic rings. The van der Waals surface area contributed by atoms with Crippen LogP contribution < -0.4 is 14.8 Å². The number of aromatic nitrogens is 3. The van der Waals surface area contributed by atoms with Crippen LogP contribution in [-0.2, 0) is 10.0 Å². The van der Waals surface area contributed by atoms with Gasteiger partial charge in [-0.15, -0.1) is 5.10 Å². The Bertz CT molecular complexity index is 1150. The highest BCUT2D eigenvalue weighted by Gasteiger charge is 2.19. The smallest absolute Gasteiger partial charge is 0.240 e. The monoisotopic (exact) mass is 452 g/mol. The zero-order chi connectivity index (χ0) is 21.9. The summed E-state index contributed by atoms with van der Waals surface area (Å²) in [4.78, 5) is 6.39. The molecule has 0 saturated heterocycles. The Labute approximate surface area is 181 Å². The quantitative estimate of drug-likeness (QED) is 0.379. The number of anilines is 1. The van der Waals surface area contributed by atoms with Crippen LogP contribution in [0.15, 0.2) is 35.4 Å². The first-order valence-corrected chi connectivity index (χ1v) is 11.2. The Balaban J connectivity index is 2.06. The second-order valence-electron chi connectivity index (χ2n) is 6.91. The Morgan fingerprint density at radius 1 is 1.27 bits per heavy atom. The average molecular weight is 453 g/mol. The molecule has 11 heteroatoms. The molecule has 0 unspecified atom stereocenters. The van der Waals surface area contributed by atoms with Gasteiger partial charge < -0.3 is 15.0 Å². The summed E-state index contributed by atoms with van der Waals surface area (Å²) in [5.74, 6) is 1.03. The van der Waals surface area contributed by atoms with E-state index in [1.807, 2.05) is 14.1 Å². The lowest BCUT2D eigenvalue weighted by molar-refractivity contribution is 0.405. The molecule has 162 valence electrons. The lowest BCUT2D eigenvalue weighted by Gasteiger charge is -2.12. The first kappa shape index (κ1) is 22.3. The van der Waals surface area contributed by atoms with E-state index in [4.69, 9.17) is 16.3 Å². The number of nitrogens with one attached hydrogen (secondary N) is 2. The van der Waals surface area contributed by atoms with Gasteiger partial charge in [0.15, 0.2) is 5.82 Å². The standard InChI is InChI=1S/C19H25ClN6O3S/c1-21-30(27,28)13-6-7-15(17(10-13)29-4)26-16-11-18(20)23-12-14(16)19(24-26)22-8-5-9-25(2)3/h6-7,10-12,21H,5,8-9H2,1-4H3,(H,22,24). The molecule has 0 bridgehead atoms. The van der Waals surface area contributed by atoms with Gasteiger partial charge in [0.2, 0.25) is 10.0 Å². The van der Waals surface area contributed by atoms with Crippen molar-refractivity contribution in [3.8, 4) is 11.4 Å². The lowest BCUT2D eigenvalue weighted by Crippen LogP contribution is -2.18. The molecule has 2 aromatic heterocycles. The minimum Gasteiger partial charge on any atom is -0.494 e. The second-order valence-corrected chi connectivity index (χ2v) is 9.18. The Kier molecular flexibility index (Phi) is 6.81. The van der Waals surface area contributed by atoms with Crippen molar-refractivity contribution in [3.05, 3.63) is 35.6 Å². The maximum atomic E-state index is 12.1. The van der Waals surface area contributed by atoms with Gasteiger partial charge in [-0.3, -0.25) is 0 Å². The van der Waals surface area contributed by atoms with E-state index in [0.29, 0.717) is 22.4 Å². The van der Waals surface area contributed by atoms with E-state index in [9.17, 15) is 8.42 Å². The molecule has 0 aliphatic heterocycles. The molecule has 0 atom stereocenters. The number of sulfonamides is 1. The van der Waals surface area contributed by atoms with Crippen molar-refractivity contribution in [2.75, 3.05) is 46.7 Å². The van der Waals surface area contributed by atoms with Crippen molar-refractivity contribution in [2.45, 2.75) is 11.3 Å². The maximum absolute atomic E-state index is 12.1. The van der Waals surface area contributed by atoms with Crippen LogP contribution in [0.2, 0.25) is 5.15 Å². The van der Waals surface area contributed by atoms with Gasteiger partial charge in [0.1, 0.15) is 16.6 Å². The topological polar surface area (TPSA) is 101 Å². The molecule has 3 aromatic rings. The molecule has 2 N–H and O–H groups in total. The molecule has 2 heterocycles. The zero-order valence-corrected chi connectivity index (χ0v) is 18.9. The van der Waals surface area contributed by atoms with E-state index in [-0.39, 0.29) is 4.90 Å². The normalized spacial score (nSPS) is 11.9. The molecule has 0 fully saturated rings. The summed E-state index contributed by atoms with van der Waals surface area (Å²) in [7, 11) is 3.30. The predicted molar refractivity (Wildman–Crippen MR) is 118 cm³/mol. The summed E-state index contributed by atoms with van der Waals surface area (Å²) in [5.41, 5.74) is 1.31. The third kappa shape index (κ3) is 4.67. The third-order valence-electron chi connectivity index (χ3n) is 4.57. The number of methoxy groups -OCH3 is 1. The Hall–Kier alpha value is -2.40. The van der Waals surface area contributed by atoms with Gasteiger partial charge in [0.05, 0.1) is 22.9 Å². The molecular weight excluding hydrogens is 428 g/mol. The average Bonchev–Trinajstić information content (AvgIpc) is 3.07. The summed E-state index contributed by atoms with van der Waals surface area (Å²) < 4.78 is 33.7. The number of hydrogen-bond donors (Lipinski definition) is 2. The zero-order valence-electron chi connectivity index (χ0n) is 17.3. The van der Waals surface area contributed by atoms with Crippen molar-refractivity contribution in [1.82, 2.24) is 24.4 Å². The number of rotatable bonds is 9. The highest BCUT2D eigenvalue weighted by molar-refractivity contribution is 7.89. The van der Waals surface area contributed by atoms with E-state index in [1.54, 1.807) is 23.0 Å². The fourth-order valence-electron chi connectivity index (χ4n) is 3.02. The molecule has 0 saturated carbocycles. The molecule has 0 aliphatic carbocycles. The van der Waals surface area contributed by atoms with Crippen molar-refractivity contribution in [1.29, 1.82) is 0 Å². The Morgan fingerprint density at radius 2 is 2.03 bits per heavy atom. The summed E-state index contributed by atoms with van der Waals surface area (Å²) in [5, 5.41) is 9.17. The number of hydrogen-bond acceptors (Lipinski definition) is 7. The van der Waals surface area contributed by atoms with Crippen LogP contribution >= 0.6 is 11.6 Å². The van der Waals surface area contributed by atoms with Gasteiger partial charge in [0, 0.05) is 24.9 Å². The number of pyridine rings is 1. The minimum absolute atomic E-state index is 0.101. The van der Waals surface area contributed by atoms with Crippen molar-refractivity contribution < 1.29 is 13.2 Å². The van der Waals surface area contributed by atoms with Crippen LogP contribution in [0.5, 0.6) is 5.75 Å². The fourth-order valence-corrected chi connectivity index (χ4v) is 3.92. The highest BCUT2D eigenvalue weighted by atomic mass is 35.5. The van der Waals surface area contributed by atoms with Crippen LogP contribution in [0.25, 0.3) is 16.6 Å². The predicted octanol–water partition coefficient (Wildman–Crippen LogP) is 2.35. The second kappa shape index (κ2) is 9.17. The summed E-state index contributed by atoms with van der Waals surface area (Å²) >= 11 is 6.13. The molecule has 0 spiro atoms. The summed E-state index contributed by atoms with van der Waals surface area (Å²) in [6.07, 6.45) is 2.62. The van der Waals surface area contributed by atoms with Crippen molar-refractivity contribution in [2.24, 2.45) is 0 Å². The summed E-state index contributed by atoms with van der Waals surface area (Å²) in [6, 6.07) is 6.33. The van der Waals surface area contributed by atoms with E-state index in [2.05, 4.69) is 25.0 Å². The largest absolute Gasteiger partial charge is 0.494 e. The molecule has 30 heavy (non-hydrogen) atoms. The van der Waals surface area contributed by atoms with E-state index in [1.165, 1.54) is 26.3 Å². The van der Waals surface area contributed by atoms with Crippen LogP contribution in [-0.4, -0.2) is 69.4 Å². The first-order valence-electron chi connectivity index (χ1n) is 9.31. The van der Waals surface area contributed by atoms with Crippen LogP contribution in [0, 0.1) is 0 Å². The fraction of sp³-hybridized carbons (Fsp3) is 0.368. The highest BCUT2D eigenvalue weighted by Crippen LogP contribution is 2.32. The number of nitrogens with zero attached hydrogens (tertiary/aromatic N) is 4. The van der Waals surface area contributed by atoms with Gasteiger partial charge in [-0.05, 0) is 46.2 Å². The molecular formula is C19H25ClN6O3S. The van der Waals surface area contributed by atoms with E-state index in [0.717, 1.165) is 30.4 Å². The van der Waals surface area contributed by atoms with Crippen molar-refractivity contribution >= 4 is 38.3 Å². The van der Waals surface area contributed by atoms with Crippen LogP contribution in [0.1, 0.15) is 6.42 Å². The lowest BCUT2D eigenvalue weighted by atomic mass is 10.2. The van der Waals surface area contributed by atoms with Crippen LogP contribution in [0.4, 0.5) is 5.82 Å². The number of benzene rings is 1. The van der Waals surface area contributed by atoms with Gasteiger partial charge >= 0.3 is 0 Å². The summed E-state index contributed by atoms with van der Waals surface area (Å²) in [6.45, 7) is 1.69. The van der Waals surface area contributed by atoms with E-state index < -0.39 is 10.0 Å². The maximum Gasteiger partial charge on any atom is 0.240 e. The number of ether oxygens (including phenoxy) is 1. The number of fused-ring (bicyclic) bond motifs is 1. The molecule has 0 radical (unpaired) electrons. The van der Waals surface area contributed by atoms with Gasteiger partial charge in [0.25, 0.3) is 0 Å². The van der Waals surface area contributed by atoms with Gasteiger partial charge in [-0.25, -0.2) is 22.8 Å². The SMILES string of the molecule is CNS(=O)(=O)c1ccc(-n2nc(NCCCN(C)C)c3cnc(Cl)cc32)c(OC)c1. The van der Waals surface area contributed by atoms with Crippen molar-refractivity contribution in [3.63, 3.8) is 0 Å². The van der Waals surface area contributed by atoms with Gasteiger partial charge in [-0.1, -0.05) is 11.6 Å². The van der Waals surface area contributed by atoms with Crippen LogP contribution in [0.3, 0.4) is 0 Å². The van der Waals surface area contributed by atoms with Gasteiger partial charge in [-0.2, -0.15) is 0 Å². The molecule has 1 aromatic carbocycles. The molecule has 9 nitrogen and oxygen atoms in total. The first-order chi connectivity index (χ1) is 14.3. The Morgan fingerprint density at radius 3 is 2.70 bits per heavy atom. The minimum atomic E-state index is -3.60. The number of halogens is 1. The third-order valence-corrected chi connectivity index (χ3v) is 6.18. The molecule has 3 rings (SSSR count). The molecule has 0 amide bonds.